The van der Waals surface area contributed by atoms with E-state index in [2.05, 4.69) is 23.4 Å². The number of halogens is 1. The summed E-state index contributed by atoms with van der Waals surface area (Å²) in [6.07, 6.45) is 1.79. The van der Waals surface area contributed by atoms with Gasteiger partial charge < -0.3 is 14.4 Å². The van der Waals surface area contributed by atoms with E-state index in [0.29, 0.717) is 18.2 Å². The monoisotopic (exact) mass is 417 g/mol. The Morgan fingerprint density at radius 2 is 2.07 bits per heavy atom. The first kappa shape index (κ1) is 20.9. The van der Waals surface area contributed by atoms with Crippen LogP contribution in [-0.2, 0) is 17.9 Å². The predicted octanol–water partition coefficient (Wildman–Crippen LogP) is 4.76. The molecule has 28 heavy (non-hydrogen) atoms. The Bertz CT molecular complexity index is 900. The van der Waals surface area contributed by atoms with Gasteiger partial charge >= 0.3 is 0 Å². The Balaban J connectivity index is 2.02. The van der Waals surface area contributed by atoms with Crippen LogP contribution in [0.5, 0.6) is 0 Å². The molecule has 0 aliphatic carbocycles. The molecule has 0 bridgehead atoms. The van der Waals surface area contributed by atoms with Gasteiger partial charge in [0.1, 0.15) is 17.5 Å². The fourth-order valence-corrected chi connectivity index (χ4v) is 4.26. The summed E-state index contributed by atoms with van der Waals surface area (Å²) in [5.74, 6) is 1.08. The van der Waals surface area contributed by atoms with Crippen LogP contribution in [0.1, 0.15) is 37.0 Å². The summed E-state index contributed by atoms with van der Waals surface area (Å²) < 4.78 is 7.73. The summed E-state index contributed by atoms with van der Waals surface area (Å²) in [7, 11) is 0. The maximum Gasteiger partial charge on any atom is 0.136 e. The highest BCUT2D eigenvalue weighted by molar-refractivity contribution is 7.99. The van der Waals surface area contributed by atoms with Gasteiger partial charge in [0.15, 0.2) is 0 Å². The van der Waals surface area contributed by atoms with Gasteiger partial charge in [0.2, 0.25) is 0 Å². The van der Waals surface area contributed by atoms with Gasteiger partial charge in [-0.2, -0.15) is 0 Å². The van der Waals surface area contributed by atoms with Gasteiger partial charge in [-0.1, -0.05) is 49.3 Å². The van der Waals surface area contributed by atoms with Crippen LogP contribution in [0.3, 0.4) is 0 Å². The van der Waals surface area contributed by atoms with Gasteiger partial charge in [-0.3, -0.25) is 4.98 Å². The van der Waals surface area contributed by atoms with Crippen molar-refractivity contribution in [3.63, 3.8) is 0 Å². The molecule has 0 aliphatic rings. The number of aliphatic hydroxyl groups is 1. The number of aromatic nitrogens is 3. The summed E-state index contributed by atoms with van der Waals surface area (Å²) >= 11 is 7.83. The molecule has 1 N–H and O–H groups in total. The molecule has 0 amide bonds. The molecule has 0 radical (unpaired) electrons. The summed E-state index contributed by atoms with van der Waals surface area (Å²) in [6.45, 7) is 5.47. The molecular formula is C21H24ClN3O2S. The van der Waals surface area contributed by atoms with Gasteiger partial charge in [0.05, 0.1) is 31.1 Å². The third kappa shape index (κ3) is 5.35. The lowest BCUT2D eigenvalue weighted by atomic mass is 10.1. The number of benzene rings is 1. The van der Waals surface area contributed by atoms with Crippen LogP contribution in [0.2, 0.25) is 5.02 Å². The van der Waals surface area contributed by atoms with Crippen molar-refractivity contribution < 1.29 is 9.84 Å². The predicted molar refractivity (Wildman–Crippen MR) is 112 cm³/mol. The molecule has 0 fully saturated rings. The molecule has 0 aliphatic heterocycles. The summed E-state index contributed by atoms with van der Waals surface area (Å²) in [4.78, 5) is 10.4. The quantitative estimate of drug-likeness (QED) is 0.508. The van der Waals surface area contributed by atoms with Crippen molar-refractivity contribution in [3.05, 3.63) is 70.9 Å². The van der Waals surface area contributed by atoms with Crippen molar-refractivity contribution in [2.24, 2.45) is 0 Å². The van der Waals surface area contributed by atoms with E-state index in [0.717, 1.165) is 27.1 Å². The van der Waals surface area contributed by atoms with Gasteiger partial charge in [-0.05, 0) is 36.2 Å². The fraction of sp³-hybridized carbons (Fsp3) is 0.333. The Morgan fingerprint density at radius 3 is 2.75 bits per heavy atom. The van der Waals surface area contributed by atoms with E-state index in [1.807, 2.05) is 42.5 Å². The zero-order valence-corrected chi connectivity index (χ0v) is 17.6. The highest BCUT2D eigenvalue weighted by Gasteiger charge is 2.21. The van der Waals surface area contributed by atoms with Crippen molar-refractivity contribution in [3.8, 4) is 0 Å². The molecule has 3 aromatic rings. The number of rotatable bonds is 9. The van der Waals surface area contributed by atoms with E-state index >= 15 is 0 Å². The van der Waals surface area contributed by atoms with Gasteiger partial charge in [0, 0.05) is 16.1 Å². The van der Waals surface area contributed by atoms with Crippen LogP contribution in [0.15, 0.2) is 58.6 Å². The van der Waals surface area contributed by atoms with Crippen LogP contribution >= 0.6 is 23.4 Å². The molecule has 5 nitrogen and oxygen atoms in total. The van der Waals surface area contributed by atoms with Crippen molar-refractivity contribution in [1.82, 2.24) is 14.5 Å². The molecule has 3 rings (SSSR count). The molecule has 0 atom stereocenters. The second-order valence-electron chi connectivity index (χ2n) is 6.62. The molecule has 0 saturated carbocycles. The summed E-state index contributed by atoms with van der Waals surface area (Å²) in [5.41, 5.74) is 1.97. The number of hydrogen-bond donors (Lipinski definition) is 1. The zero-order chi connectivity index (χ0) is 19.9. The minimum atomic E-state index is -0.0118. The Hall–Kier alpha value is -1.86. The number of nitrogens with zero attached hydrogens (tertiary/aromatic N) is 3. The summed E-state index contributed by atoms with van der Waals surface area (Å²) in [6, 6.07) is 13.7. The largest absolute Gasteiger partial charge is 0.394 e. The van der Waals surface area contributed by atoms with E-state index in [4.69, 9.17) is 26.4 Å². The SMILES string of the molecule is CC(C)c1nc(COCCO)n(Cc2ccccn2)c1Sc1cccc(Cl)c1. The highest BCUT2D eigenvalue weighted by Crippen LogP contribution is 2.36. The first-order valence-electron chi connectivity index (χ1n) is 9.19. The maximum absolute atomic E-state index is 9.04. The highest BCUT2D eigenvalue weighted by atomic mass is 35.5. The molecule has 0 unspecified atom stereocenters. The molecule has 2 heterocycles. The Morgan fingerprint density at radius 1 is 1.21 bits per heavy atom. The molecule has 1 aromatic carbocycles. The number of hydrogen-bond acceptors (Lipinski definition) is 5. The van der Waals surface area contributed by atoms with Crippen LogP contribution in [0, 0.1) is 0 Å². The Kier molecular flexibility index (Phi) is 7.50. The van der Waals surface area contributed by atoms with E-state index in [1.165, 1.54) is 0 Å². The van der Waals surface area contributed by atoms with Crippen molar-refractivity contribution in [2.75, 3.05) is 13.2 Å². The third-order valence-electron chi connectivity index (χ3n) is 4.10. The second kappa shape index (κ2) is 10.1. The molecule has 0 spiro atoms. The summed E-state index contributed by atoms with van der Waals surface area (Å²) in [5, 5.41) is 10.8. The van der Waals surface area contributed by atoms with E-state index in [9.17, 15) is 0 Å². The lowest BCUT2D eigenvalue weighted by molar-refractivity contribution is 0.0758. The Labute approximate surface area is 174 Å². The van der Waals surface area contributed by atoms with E-state index in [1.54, 1.807) is 18.0 Å². The number of aliphatic hydroxyl groups excluding tert-OH is 1. The smallest absolute Gasteiger partial charge is 0.136 e. The number of imidazole rings is 1. The zero-order valence-electron chi connectivity index (χ0n) is 16.0. The average Bonchev–Trinajstić information content (AvgIpc) is 3.01. The van der Waals surface area contributed by atoms with Crippen LogP contribution in [-0.4, -0.2) is 32.9 Å². The van der Waals surface area contributed by atoms with Crippen LogP contribution in [0.4, 0.5) is 0 Å². The van der Waals surface area contributed by atoms with Gasteiger partial charge in [-0.15, -0.1) is 0 Å². The normalized spacial score (nSPS) is 11.3. The van der Waals surface area contributed by atoms with E-state index < -0.39 is 0 Å². The molecule has 7 heteroatoms. The topological polar surface area (TPSA) is 60.2 Å². The van der Waals surface area contributed by atoms with Gasteiger partial charge in [-0.25, -0.2) is 4.98 Å². The third-order valence-corrected chi connectivity index (χ3v) is 5.44. The number of pyridine rings is 1. The molecular weight excluding hydrogens is 394 g/mol. The minimum Gasteiger partial charge on any atom is -0.394 e. The lowest BCUT2D eigenvalue weighted by Gasteiger charge is -2.13. The first-order valence-corrected chi connectivity index (χ1v) is 10.4. The van der Waals surface area contributed by atoms with Crippen molar-refractivity contribution >= 4 is 23.4 Å². The van der Waals surface area contributed by atoms with Crippen LogP contribution < -0.4 is 0 Å². The molecule has 2 aromatic heterocycles. The van der Waals surface area contributed by atoms with Gasteiger partial charge in [0.25, 0.3) is 0 Å². The van der Waals surface area contributed by atoms with E-state index in [-0.39, 0.29) is 19.1 Å². The first-order chi connectivity index (χ1) is 13.6. The van der Waals surface area contributed by atoms with Crippen LogP contribution in [0.25, 0.3) is 0 Å². The van der Waals surface area contributed by atoms with Crippen molar-refractivity contribution in [2.45, 2.75) is 42.8 Å². The second-order valence-corrected chi connectivity index (χ2v) is 8.11. The fourth-order valence-electron chi connectivity index (χ4n) is 2.78. The standard InChI is InChI=1S/C21H24ClN3O2S/c1-15(2)20-21(28-18-8-5-6-16(22)12-18)25(13-17-7-3-4-9-23-17)19(24-20)14-27-11-10-26/h3-9,12,15,26H,10-11,13-14H2,1-2H3. The minimum absolute atomic E-state index is 0.0118. The molecule has 0 saturated heterocycles. The lowest BCUT2D eigenvalue weighted by Crippen LogP contribution is -2.10. The average molecular weight is 418 g/mol. The maximum atomic E-state index is 9.04. The number of ether oxygens (including phenoxy) is 1. The molecule has 148 valence electrons. The van der Waals surface area contributed by atoms with Crippen molar-refractivity contribution in [1.29, 1.82) is 0 Å².